The summed E-state index contributed by atoms with van der Waals surface area (Å²) in [6.45, 7) is 4.77. The van der Waals surface area contributed by atoms with Crippen LogP contribution in [0.2, 0.25) is 0 Å². The van der Waals surface area contributed by atoms with Crippen molar-refractivity contribution >= 4 is 35.6 Å². The van der Waals surface area contributed by atoms with Crippen LogP contribution in [-0.2, 0) is 9.47 Å². The van der Waals surface area contributed by atoms with Crippen molar-refractivity contribution in [2.75, 3.05) is 65.6 Å². The van der Waals surface area contributed by atoms with Crippen molar-refractivity contribution < 1.29 is 14.2 Å². The predicted molar refractivity (Wildman–Crippen MR) is 121 cm³/mol. The summed E-state index contributed by atoms with van der Waals surface area (Å²) in [5, 5.41) is 6.86. The lowest BCUT2D eigenvalue weighted by atomic mass is 10.2. The van der Waals surface area contributed by atoms with Crippen molar-refractivity contribution in [3.63, 3.8) is 0 Å². The van der Waals surface area contributed by atoms with Crippen LogP contribution in [0.1, 0.15) is 12.8 Å². The number of methoxy groups -OCH3 is 2. The molecule has 0 saturated carbocycles. The van der Waals surface area contributed by atoms with Crippen LogP contribution in [0.4, 0.5) is 5.69 Å². The van der Waals surface area contributed by atoms with Gasteiger partial charge in [-0.2, -0.15) is 0 Å². The fourth-order valence-electron chi connectivity index (χ4n) is 3.00. The Labute approximate surface area is 179 Å². The van der Waals surface area contributed by atoms with Crippen molar-refractivity contribution in [3.8, 4) is 5.75 Å². The zero-order valence-corrected chi connectivity index (χ0v) is 18.9. The summed E-state index contributed by atoms with van der Waals surface area (Å²) in [5.74, 6) is 1.76. The number of para-hydroxylation sites is 2. The number of anilines is 1. The molecule has 1 aliphatic rings. The molecule has 1 atom stereocenters. The van der Waals surface area contributed by atoms with Crippen LogP contribution in [0.15, 0.2) is 29.3 Å². The maximum absolute atomic E-state index is 5.48. The SMILES string of the molecule is CN=C(NCCCOCCOC)NC1CCN(c2ccccc2OC)C1.I. The molecule has 1 fully saturated rings. The molecule has 154 valence electrons. The molecule has 1 aromatic carbocycles. The highest BCUT2D eigenvalue weighted by Gasteiger charge is 2.25. The zero-order chi connectivity index (χ0) is 18.6. The van der Waals surface area contributed by atoms with Gasteiger partial charge in [0.2, 0.25) is 0 Å². The number of nitrogens with zero attached hydrogens (tertiary/aromatic N) is 2. The largest absolute Gasteiger partial charge is 0.495 e. The topological polar surface area (TPSA) is 67.4 Å². The highest BCUT2D eigenvalue weighted by Crippen LogP contribution is 2.30. The van der Waals surface area contributed by atoms with E-state index in [1.165, 1.54) is 0 Å². The number of ether oxygens (including phenoxy) is 3. The number of aliphatic imine (C=N–C) groups is 1. The monoisotopic (exact) mass is 492 g/mol. The fourth-order valence-corrected chi connectivity index (χ4v) is 3.00. The third kappa shape index (κ3) is 8.10. The average Bonchev–Trinajstić information content (AvgIpc) is 3.14. The Morgan fingerprint density at radius 2 is 2.04 bits per heavy atom. The Morgan fingerprint density at radius 3 is 2.78 bits per heavy atom. The van der Waals surface area contributed by atoms with Gasteiger partial charge >= 0.3 is 0 Å². The van der Waals surface area contributed by atoms with Gasteiger partial charge in [0.1, 0.15) is 5.75 Å². The molecule has 2 rings (SSSR count). The molecule has 0 radical (unpaired) electrons. The Hall–Kier alpha value is -1.26. The molecule has 8 heteroatoms. The number of hydrogen-bond donors (Lipinski definition) is 2. The fraction of sp³-hybridized carbons (Fsp3) is 0.632. The minimum atomic E-state index is 0. The first-order chi connectivity index (χ1) is 12.8. The van der Waals surface area contributed by atoms with Gasteiger partial charge in [0.25, 0.3) is 0 Å². The number of rotatable bonds is 10. The second-order valence-corrected chi connectivity index (χ2v) is 6.21. The molecule has 27 heavy (non-hydrogen) atoms. The summed E-state index contributed by atoms with van der Waals surface area (Å²) in [6.07, 6.45) is 2.00. The van der Waals surface area contributed by atoms with Crippen LogP contribution >= 0.6 is 24.0 Å². The van der Waals surface area contributed by atoms with Gasteiger partial charge in [-0.05, 0) is 25.0 Å². The number of benzene rings is 1. The van der Waals surface area contributed by atoms with Crippen LogP contribution in [0, 0.1) is 0 Å². The number of halogens is 1. The normalized spacial score (nSPS) is 16.8. The van der Waals surface area contributed by atoms with Crippen LogP contribution in [-0.4, -0.2) is 72.7 Å². The van der Waals surface area contributed by atoms with Gasteiger partial charge in [-0.25, -0.2) is 0 Å². The Morgan fingerprint density at radius 1 is 1.22 bits per heavy atom. The maximum atomic E-state index is 5.48. The van der Waals surface area contributed by atoms with Gasteiger partial charge in [0, 0.05) is 46.4 Å². The van der Waals surface area contributed by atoms with E-state index in [0.717, 1.165) is 56.5 Å². The molecule has 0 spiro atoms. The quantitative estimate of drug-likeness (QED) is 0.226. The molecule has 1 unspecified atom stereocenters. The van der Waals surface area contributed by atoms with Crippen molar-refractivity contribution in [1.29, 1.82) is 0 Å². The molecule has 7 nitrogen and oxygen atoms in total. The standard InChI is InChI=1S/C19H32N4O3.HI/c1-20-19(21-10-6-12-26-14-13-24-2)22-16-9-11-23(15-16)17-7-4-5-8-18(17)25-3;/h4-5,7-8,16H,6,9-15H2,1-3H3,(H2,20,21,22);1H. The van der Waals surface area contributed by atoms with Crippen molar-refractivity contribution in [1.82, 2.24) is 10.6 Å². The zero-order valence-electron chi connectivity index (χ0n) is 16.6. The van der Waals surface area contributed by atoms with Crippen LogP contribution in [0.5, 0.6) is 5.75 Å². The predicted octanol–water partition coefficient (Wildman–Crippen LogP) is 2.11. The third-order valence-corrected chi connectivity index (χ3v) is 4.37. The van der Waals surface area contributed by atoms with Crippen molar-refractivity contribution in [2.45, 2.75) is 18.9 Å². The van der Waals surface area contributed by atoms with Crippen LogP contribution in [0.25, 0.3) is 0 Å². The first-order valence-corrected chi connectivity index (χ1v) is 9.20. The van der Waals surface area contributed by atoms with E-state index < -0.39 is 0 Å². The molecule has 1 aliphatic heterocycles. The molecule has 1 heterocycles. The minimum absolute atomic E-state index is 0. The average molecular weight is 492 g/mol. The summed E-state index contributed by atoms with van der Waals surface area (Å²) in [4.78, 5) is 6.68. The number of guanidine groups is 1. The lowest BCUT2D eigenvalue weighted by Crippen LogP contribution is -2.45. The number of nitrogens with one attached hydrogen (secondary N) is 2. The molecule has 0 amide bonds. The molecular weight excluding hydrogens is 459 g/mol. The van der Waals surface area contributed by atoms with Crippen LogP contribution < -0.4 is 20.3 Å². The lowest BCUT2D eigenvalue weighted by molar-refractivity contribution is 0.0698. The Bertz CT molecular complexity index is 560. The molecular formula is C19H33IN4O3. The number of hydrogen-bond acceptors (Lipinski definition) is 5. The summed E-state index contributed by atoms with van der Waals surface area (Å²) < 4.78 is 15.9. The first-order valence-electron chi connectivity index (χ1n) is 9.20. The van der Waals surface area contributed by atoms with Gasteiger partial charge in [-0.15, -0.1) is 24.0 Å². The van der Waals surface area contributed by atoms with E-state index in [2.05, 4.69) is 26.6 Å². The first kappa shape index (κ1) is 23.8. The second kappa shape index (κ2) is 13.8. The minimum Gasteiger partial charge on any atom is -0.495 e. The Balaban J connectivity index is 0.00000364. The molecule has 0 aromatic heterocycles. The highest BCUT2D eigenvalue weighted by molar-refractivity contribution is 14.0. The van der Waals surface area contributed by atoms with Crippen molar-refractivity contribution in [2.24, 2.45) is 4.99 Å². The van der Waals surface area contributed by atoms with Gasteiger partial charge in [0.05, 0.1) is 26.0 Å². The van der Waals surface area contributed by atoms with Gasteiger partial charge < -0.3 is 29.7 Å². The summed E-state index contributed by atoms with van der Waals surface area (Å²) in [5.41, 5.74) is 1.15. The van der Waals surface area contributed by atoms with Gasteiger partial charge in [-0.3, -0.25) is 4.99 Å². The maximum Gasteiger partial charge on any atom is 0.191 e. The molecule has 1 saturated heterocycles. The second-order valence-electron chi connectivity index (χ2n) is 6.21. The summed E-state index contributed by atoms with van der Waals surface area (Å²) in [7, 11) is 5.20. The lowest BCUT2D eigenvalue weighted by Gasteiger charge is -2.22. The van der Waals surface area contributed by atoms with E-state index in [1.54, 1.807) is 21.3 Å². The molecule has 0 bridgehead atoms. The van der Waals surface area contributed by atoms with Gasteiger partial charge in [0.15, 0.2) is 5.96 Å². The van der Waals surface area contributed by atoms with E-state index in [4.69, 9.17) is 14.2 Å². The van der Waals surface area contributed by atoms with E-state index in [9.17, 15) is 0 Å². The van der Waals surface area contributed by atoms with E-state index >= 15 is 0 Å². The molecule has 0 aliphatic carbocycles. The van der Waals surface area contributed by atoms with Crippen LogP contribution in [0.3, 0.4) is 0 Å². The van der Waals surface area contributed by atoms with Gasteiger partial charge in [-0.1, -0.05) is 12.1 Å². The molecule has 1 aromatic rings. The van der Waals surface area contributed by atoms with E-state index in [0.29, 0.717) is 19.3 Å². The van der Waals surface area contributed by atoms with E-state index in [1.807, 2.05) is 18.2 Å². The summed E-state index contributed by atoms with van der Waals surface area (Å²) >= 11 is 0. The third-order valence-electron chi connectivity index (χ3n) is 4.37. The van der Waals surface area contributed by atoms with E-state index in [-0.39, 0.29) is 24.0 Å². The summed E-state index contributed by atoms with van der Waals surface area (Å²) in [6, 6.07) is 8.53. The smallest absolute Gasteiger partial charge is 0.191 e. The van der Waals surface area contributed by atoms with Crippen molar-refractivity contribution in [3.05, 3.63) is 24.3 Å². The Kier molecular flexibility index (Phi) is 12.2. The highest BCUT2D eigenvalue weighted by atomic mass is 127. The molecule has 2 N–H and O–H groups in total.